The zero-order valence-corrected chi connectivity index (χ0v) is 18.2. The number of fused-ring (bicyclic) bond motifs is 1. The van der Waals surface area contributed by atoms with E-state index >= 15 is 0 Å². The molecule has 0 aliphatic carbocycles. The highest BCUT2D eigenvalue weighted by Gasteiger charge is 2.36. The van der Waals surface area contributed by atoms with E-state index < -0.39 is 0 Å². The predicted octanol–water partition coefficient (Wildman–Crippen LogP) is 4.94. The molecule has 0 saturated heterocycles. The molecule has 6 nitrogen and oxygen atoms in total. The van der Waals surface area contributed by atoms with Gasteiger partial charge < -0.3 is 10.1 Å². The largest absolute Gasteiger partial charge is 0.483 e. The number of hydrogen-bond acceptors (Lipinski definition) is 4. The number of benzene rings is 3. The first kappa shape index (κ1) is 21.3. The van der Waals surface area contributed by atoms with Gasteiger partial charge in [0.1, 0.15) is 5.75 Å². The van der Waals surface area contributed by atoms with Crippen molar-refractivity contribution in [2.24, 2.45) is 0 Å². The molecule has 0 spiro atoms. The number of nitrogens with one attached hydrogen (secondary N) is 1. The van der Waals surface area contributed by atoms with Crippen molar-refractivity contribution in [3.05, 3.63) is 89.0 Å². The second kappa shape index (κ2) is 8.67. The number of rotatable bonds is 6. The summed E-state index contributed by atoms with van der Waals surface area (Å²) in [7, 11) is 0. The first-order chi connectivity index (χ1) is 15.3. The van der Waals surface area contributed by atoms with Gasteiger partial charge in [-0.05, 0) is 60.4 Å². The average Bonchev–Trinajstić information content (AvgIpc) is 3.03. The number of carbonyl (C=O) groups is 3. The van der Waals surface area contributed by atoms with Gasteiger partial charge >= 0.3 is 0 Å². The summed E-state index contributed by atoms with van der Waals surface area (Å²) >= 11 is 0. The van der Waals surface area contributed by atoms with Gasteiger partial charge in [-0.1, -0.05) is 44.2 Å². The monoisotopic (exact) mass is 428 g/mol. The minimum atomic E-state index is -0.377. The topological polar surface area (TPSA) is 75.7 Å². The van der Waals surface area contributed by atoms with Crippen LogP contribution < -0.4 is 15.0 Å². The molecule has 1 heterocycles. The quantitative estimate of drug-likeness (QED) is 0.565. The summed E-state index contributed by atoms with van der Waals surface area (Å²) < 4.78 is 5.79. The molecule has 1 N–H and O–H groups in total. The first-order valence-corrected chi connectivity index (χ1v) is 10.5. The van der Waals surface area contributed by atoms with Crippen molar-refractivity contribution in [1.29, 1.82) is 0 Å². The van der Waals surface area contributed by atoms with Gasteiger partial charge in [0.05, 0.1) is 16.8 Å². The Morgan fingerprint density at radius 1 is 0.938 bits per heavy atom. The number of carbonyl (C=O) groups excluding carboxylic acids is 3. The molecular weight excluding hydrogens is 404 g/mol. The Morgan fingerprint density at radius 2 is 1.62 bits per heavy atom. The van der Waals surface area contributed by atoms with Crippen molar-refractivity contribution in [2.75, 3.05) is 16.8 Å². The zero-order chi connectivity index (χ0) is 22.8. The lowest BCUT2D eigenvalue weighted by Crippen LogP contribution is -2.29. The Balaban J connectivity index is 1.46. The number of anilines is 2. The molecule has 162 valence electrons. The van der Waals surface area contributed by atoms with Crippen LogP contribution in [-0.4, -0.2) is 24.3 Å². The summed E-state index contributed by atoms with van der Waals surface area (Å²) in [5, 5.41) is 2.78. The van der Waals surface area contributed by atoms with Crippen LogP contribution in [0, 0.1) is 6.92 Å². The Morgan fingerprint density at radius 3 is 2.28 bits per heavy atom. The lowest BCUT2D eigenvalue weighted by atomic mass is 10.0. The van der Waals surface area contributed by atoms with Gasteiger partial charge in [0, 0.05) is 5.69 Å². The van der Waals surface area contributed by atoms with Crippen LogP contribution in [0.4, 0.5) is 11.4 Å². The van der Waals surface area contributed by atoms with E-state index in [0.717, 1.165) is 16.0 Å². The Kier molecular flexibility index (Phi) is 5.77. The number of amides is 3. The summed E-state index contributed by atoms with van der Waals surface area (Å²) in [6.45, 7) is 5.97. The van der Waals surface area contributed by atoms with Crippen LogP contribution in [0.5, 0.6) is 5.75 Å². The Hall–Kier alpha value is -3.93. The summed E-state index contributed by atoms with van der Waals surface area (Å²) in [6, 6.07) is 19.3. The van der Waals surface area contributed by atoms with E-state index in [4.69, 9.17) is 4.74 Å². The molecule has 3 amide bonds. The van der Waals surface area contributed by atoms with Gasteiger partial charge in [0.2, 0.25) is 0 Å². The molecule has 32 heavy (non-hydrogen) atoms. The highest BCUT2D eigenvalue weighted by Crippen LogP contribution is 2.30. The Bertz CT molecular complexity index is 1180. The molecule has 3 aromatic carbocycles. The zero-order valence-electron chi connectivity index (χ0n) is 18.2. The van der Waals surface area contributed by atoms with Crippen LogP contribution in [0.25, 0.3) is 0 Å². The van der Waals surface area contributed by atoms with E-state index in [9.17, 15) is 14.4 Å². The van der Waals surface area contributed by atoms with Crippen molar-refractivity contribution in [3.63, 3.8) is 0 Å². The molecular formula is C26H24N2O4. The molecule has 0 saturated carbocycles. The minimum absolute atomic E-state index is 0.152. The van der Waals surface area contributed by atoms with Crippen molar-refractivity contribution in [3.8, 4) is 5.75 Å². The van der Waals surface area contributed by atoms with Crippen LogP contribution in [0.15, 0.2) is 66.7 Å². The summed E-state index contributed by atoms with van der Waals surface area (Å²) in [6.07, 6.45) is 0. The third-order valence-corrected chi connectivity index (χ3v) is 5.33. The van der Waals surface area contributed by atoms with Crippen LogP contribution in [-0.2, 0) is 4.79 Å². The fourth-order valence-electron chi connectivity index (χ4n) is 3.73. The van der Waals surface area contributed by atoms with Gasteiger partial charge in [0.25, 0.3) is 17.7 Å². The molecule has 0 atom stereocenters. The Labute approximate surface area is 186 Å². The molecule has 0 aromatic heterocycles. The van der Waals surface area contributed by atoms with E-state index in [0.29, 0.717) is 28.3 Å². The van der Waals surface area contributed by atoms with E-state index in [-0.39, 0.29) is 30.2 Å². The van der Waals surface area contributed by atoms with Crippen molar-refractivity contribution in [1.82, 2.24) is 0 Å². The van der Waals surface area contributed by atoms with Crippen LogP contribution in [0.3, 0.4) is 0 Å². The molecule has 0 fully saturated rings. The van der Waals surface area contributed by atoms with Gasteiger partial charge in [0.15, 0.2) is 6.61 Å². The van der Waals surface area contributed by atoms with Crippen LogP contribution in [0.1, 0.15) is 51.6 Å². The van der Waals surface area contributed by atoms with E-state index in [2.05, 4.69) is 19.2 Å². The average molecular weight is 428 g/mol. The van der Waals surface area contributed by atoms with Gasteiger partial charge in [-0.25, -0.2) is 4.90 Å². The standard InChI is InChI=1S/C26H24N2O4/c1-16(2)20-12-11-17(3)13-23(20)32-15-24(29)27-18-7-6-8-19(14-18)28-25(30)21-9-4-5-10-22(21)26(28)31/h4-14,16H,15H2,1-3H3,(H,27,29). The third-order valence-electron chi connectivity index (χ3n) is 5.33. The highest BCUT2D eigenvalue weighted by atomic mass is 16.5. The summed E-state index contributed by atoms with van der Waals surface area (Å²) in [4.78, 5) is 39.1. The molecule has 1 aliphatic rings. The first-order valence-electron chi connectivity index (χ1n) is 10.5. The number of nitrogens with zero attached hydrogens (tertiary/aromatic N) is 1. The number of aryl methyl sites for hydroxylation is 1. The molecule has 6 heteroatoms. The smallest absolute Gasteiger partial charge is 0.266 e. The maximum absolute atomic E-state index is 12.7. The molecule has 4 rings (SSSR count). The van der Waals surface area contributed by atoms with Crippen molar-refractivity contribution >= 4 is 29.1 Å². The van der Waals surface area contributed by atoms with E-state index in [1.807, 2.05) is 25.1 Å². The van der Waals surface area contributed by atoms with Crippen molar-refractivity contribution < 1.29 is 19.1 Å². The second-order valence-corrected chi connectivity index (χ2v) is 8.07. The second-order valence-electron chi connectivity index (χ2n) is 8.07. The van der Waals surface area contributed by atoms with E-state index in [1.54, 1.807) is 48.5 Å². The molecule has 0 bridgehead atoms. The minimum Gasteiger partial charge on any atom is -0.483 e. The van der Waals surface area contributed by atoms with Crippen LogP contribution in [0.2, 0.25) is 0 Å². The maximum Gasteiger partial charge on any atom is 0.266 e. The fraction of sp³-hybridized carbons (Fsp3) is 0.192. The highest BCUT2D eigenvalue weighted by molar-refractivity contribution is 6.34. The van der Waals surface area contributed by atoms with Gasteiger partial charge in [-0.15, -0.1) is 0 Å². The van der Waals surface area contributed by atoms with Crippen LogP contribution >= 0.6 is 0 Å². The molecule has 0 unspecified atom stereocenters. The van der Waals surface area contributed by atoms with E-state index in [1.165, 1.54) is 0 Å². The predicted molar refractivity (Wildman–Crippen MR) is 123 cm³/mol. The number of ether oxygens (including phenoxy) is 1. The van der Waals surface area contributed by atoms with Gasteiger partial charge in [-0.3, -0.25) is 14.4 Å². The summed E-state index contributed by atoms with van der Waals surface area (Å²) in [5.41, 5.74) is 3.71. The molecule has 0 radical (unpaired) electrons. The lowest BCUT2D eigenvalue weighted by Gasteiger charge is -2.16. The maximum atomic E-state index is 12.7. The van der Waals surface area contributed by atoms with Gasteiger partial charge in [-0.2, -0.15) is 0 Å². The lowest BCUT2D eigenvalue weighted by molar-refractivity contribution is -0.118. The fourth-order valence-corrected chi connectivity index (χ4v) is 3.73. The number of hydrogen-bond donors (Lipinski definition) is 1. The third kappa shape index (κ3) is 4.12. The normalized spacial score (nSPS) is 12.8. The van der Waals surface area contributed by atoms with Crippen molar-refractivity contribution in [2.45, 2.75) is 26.7 Å². The summed E-state index contributed by atoms with van der Waals surface area (Å²) in [5.74, 6) is -0.128. The SMILES string of the molecule is Cc1ccc(C(C)C)c(OCC(=O)Nc2cccc(N3C(=O)c4ccccc4C3=O)c2)c1. The number of imide groups is 1. The molecule has 1 aliphatic heterocycles. The molecule has 3 aromatic rings.